The molecule has 126 valence electrons. The highest BCUT2D eigenvalue weighted by atomic mass is 16.4. The van der Waals surface area contributed by atoms with Crippen LogP contribution in [0, 0.1) is 13.8 Å². The molecule has 1 aromatic carbocycles. The number of aryl methyl sites for hydroxylation is 2. The summed E-state index contributed by atoms with van der Waals surface area (Å²) >= 11 is 0. The molecule has 0 bridgehead atoms. The van der Waals surface area contributed by atoms with E-state index in [-0.39, 0.29) is 0 Å². The molecule has 24 heavy (non-hydrogen) atoms. The van der Waals surface area contributed by atoms with Gasteiger partial charge in [-0.3, -0.25) is 0 Å². The van der Waals surface area contributed by atoms with Crippen LogP contribution in [0.2, 0.25) is 0 Å². The fraction of sp³-hybridized carbons (Fsp3) is 0.400. The Labute approximate surface area is 143 Å². The summed E-state index contributed by atoms with van der Waals surface area (Å²) in [7, 11) is 0. The van der Waals surface area contributed by atoms with Crippen LogP contribution in [0.4, 0.5) is 5.82 Å². The van der Waals surface area contributed by atoms with Crippen molar-refractivity contribution in [1.29, 1.82) is 0 Å². The van der Waals surface area contributed by atoms with Crippen molar-refractivity contribution < 1.29 is 9.90 Å². The number of carboxylic acid groups (broad SMARTS) is 1. The average Bonchev–Trinajstić information content (AvgIpc) is 2.83. The minimum atomic E-state index is -0.903. The molecule has 0 radical (unpaired) electrons. The van der Waals surface area contributed by atoms with Gasteiger partial charge < -0.3 is 10.0 Å². The number of carboxylic acids is 1. The summed E-state index contributed by atoms with van der Waals surface area (Å²) in [5, 5.41) is 9.92. The zero-order valence-electron chi connectivity index (χ0n) is 14.4. The first-order valence-electron chi connectivity index (χ1n) is 8.64. The Morgan fingerprint density at radius 3 is 2.33 bits per heavy atom. The van der Waals surface area contributed by atoms with Crippen molar-refractivity contribution in [2.45, 2.75) is 39.5 Å². The number of rotatable bonds is 3. The van der Waals surface area contributed by atoms with Gasteiger partial charge in [-0.15, -0.1) is 0 Å². The number of pyridine rings is 1. The molecule has 1 aliphatic rings. The fourth-order valence-electron chi connectivity index (χ4n) is 3.47. The van der Waals surface area contributed by atoms with Crippen LogP contribution in [0.1, 0.15) is 47.3 Å². The maximum Gasteiger partial charge on any atom is 0.340 e. The van der Waals surface area contributed by atoms with Crippen LogP contribution in [-0.2, 0) is 0 Å². The van der Waals surface area contributed by atoms with Crippen molar-refractivity contribution >= 4 is 11.8 Å². The standard InChI is InChI=1S/C20H24N2O2/c1-14-9-5-6-10-16(14)17-13-15(2)21-19(18(17)20(23)24)22-11-7-3-4-8-12-22/h5-6,9-10,13H,3-4,7-8,11-12H2,1-2H3,(H,23,24). The fourth-order valence-corrected chi connectivity index (χ4v) is 3.47. The summed E-state index contributed by atoms with van der Waals surface area (Å²) in [4.78, 5) is 18.9. The molecule has 0 amide bonds. The predicted octanol–water partition coefficient (Wildman–Crippen LogP) is 4.44. The van der Waals surface area contributed by atoms with Gasteiger partial charge in [0.1, 0.15) is 11.4 Å². The summed E-state index contributed by atoms with van der Waals surface area (Å²) in [6.45, 7) is 5.71. The van der Waals surface area contributed by atoms with Gasteiger partial charge in [0.25, 0.3) is 0 Å². The maximum absolute atomic E-state index is 12.1. The Kier molecular flexibility index (Phi) is 4.84. The molecule has 4 nitrogen and oxygen atoms in total. The van der Waals surface area contributed by atoms with E-state index in [2.05, 4.69) is 9.88 Å². The van der Waals surface area contributed by atoms with E-state index < -0.39 is 5.97 Å². The number of aromatic carboxylic acids is 1. The van der Waals surface area contributed by atoms with Crippen molar-refractivity contribution in [3.8, 4) is 11.1 Å². The first-order chi connectivity index (χ1) is 11.6. The van der Waals surface area contributed by atoms with Gasteiger partial charge in [0.15, 0.2) is 0 Å². The van der Waals surface area contributed by atoms with E-state index in [0.717, 1.165) is 48.3 Å². The van der Waals surface area contributed by atoms with Gasteiger partial charge in [-0.25, -0.2) is 9.78 Å². The molecule has 1 aromatic heterocycles. The van der Waals surface area contributed by atoms with Crippen LogP contribution in [0.3, 0.4) is 0 Å². The third-order valence-corrected chi connectivity index (χ3v) is 4.68. The van der Waals surface area contributed by atoms with E-state index in [1.54, 1.807) is 0 Å². The molecule has 1 saturated heterocycles. The molecule has 0 saturated carbocycles. The van der Waals surface area contributed by atoms with Crippen molar-refractivity contribution in [2.24, 2.45) is 0 Å². The minimum Gasteiger partial charge on any atom is -0.478 e. The lowest BCUT2D eigenvalue weighted by Crippen LogP contribution is -2.27. The van der Waals surface area contributed by atoms with E-state index >= 15 is 0 Å². The van der Waals surface area contributed by atoms with Crippen LogP contribution < -0.4 is 4.90 Å². The van der Waals surface area contributed by atoms with E-state index in [0.29, 0.717) is 11.4 Å². The first kappa shape index (κ1) is 16.5. The summed E-state index contributed by atoms with van der Waals surface area (Å²) in [5.41, 5.74) is 4.01. The number of anilines is 1. The molecular formula is C20H24N2O2. The molecule has 1 aliphatic heterocycles. The first-order valence-corrected chi connectivity index (χ1v) is 8.64. The van der Waals surface area contributed by atoms with Crippen molar-refractivity contribution in [3.63, 3.8) is 0 Å². The van der Waals surface area contributed by atoms with Gasteiger partial charge in [0, 0.05) is 24.3 Å². The molecule has 1 fully saturated rings. The third kappa shape index (κ3) is 3.28. The lowest BCUT2D eigenvalue weighted by molar-refractivity contribution is 0.0698. The highest BCUT2D eigenvalue weighted by molar-refractivity contribution is 6.01. The van der Waals surface area contributed by atoms with Crippen LogP contribution in [0.15, 0.2) is 30.3 Å². The Hall–Kier alpha value is -2.36. The zero-order valence-corrected chi connectivity index (χ0v) is 14.4. The normalized spacial score (nSPS) is 15.2. The summed E-state index contributed by atoms with van der Waals surface area (Å²) in [6.07, 6.45) is 4.59. The van der Waals surface area contributed by atoms with Gasteiger partial charge in [-0.1, -0.05) is 37.1 Å². The number of hydrogen-bond donors (Lipinski definition) is 1. The number of nitrogens with zero attached hydrogens (tertiary/aromatic N) is 2. The molecule has 2 heterocycles. The molecule has 1 N–H and O–H groups in total. The van der Waals surface area contributed by atoms with Gasteiger partial charge >= 0.3 is 5.97 Å². The molecule has 0 unspecified atom stereocenters. The number of aromatic nitrogens is 1. The van der Waals surface area contributed by atoms with E-state index in [1.807, 2.05) is 44.2 Å². The lowest BCUT2D eigenvalue weighted by Gasteiger charge is -2.25. The second-order valence-electron chi connectivity index (χ2n) is 6.53. The van der Waals surface area contributed by atoms with Gasteiger partial charge in [-0.05, 0) is 43.9 Å². The molecule has 3 rings (SSSR count). The van der Waals surface area contributed by atoms with Gasteiger partial charge in [0.2, 0.25) is 0 Å². The molecule has 4 heteroatoms. The molecule has 2 aromatic rings. The van der Waals surface area contributed by atoms with E-state index in [9.17, 15) is 9.90 Å². The number of benzene rings is 1. The molecular weight excluding hydrogens is 300 g/mol. The second kappa shape index (κ2) is 7.04. The third-order valence-electron chi connectivity index (χ3n) is 4.68. The Morgan fingerprint density at radius 2 is 1.71 bits per heavy atom. The summed E-state index contributed by atoms with van der Waals surface area (Å²) < 4.78 is 0. The number of hydrogen-bond acceptors (Lipinski definition) is 3. The quantitative estimate of drug-likeness (QED) is 0.906. The monoisotopic (exact) mass is 324 g/mol. The highest BCUT2D eigenvalue weighted by Gasteiger charge is 2.24. The van der Waals surface area contributed by atoms with Crippen LogP contribution in [0.25, 0.3) is 11.1 Å². The van der Waals surface area contributed by atoms with Crippen molar-refractivity contribution in [3.05, 3.63) is 47.2 Å². The Bertz CT molecular complexity index is 747. The second-order valence-corrected chi connectivity index (χ2v) is 6.53. The predicted molar refractivity (Wildman–Crippen MR) is 96.8 cm³/mol. The smallest absolute Gasteiger partial charge is 0.340 e. The summed E-state index contributed by atoms with van der Waals surface area (Å²) in [6, 6.07) is 9.83. The van der Waals surface area contributed by atoms with Gasteiger partial charge in [0.05, 0.1) is 0 Å². The highest BCUT2D eigenvalue weighted by Crippen LogP contribution is 2.33. The number of carbonyl (C=O) groups is 1. The van der Waals surface area contributed by atoms with Gasteiger partial charge in [-0.2, -0.15) is 0 Å². The van der Waals surface area contributed by atoms with Crippen LogP contribution >= 0.6 is 0 Å². The maximum atomic E-state index is 12.1. The lowest BCUT2D eigenvalue weighted by atomic mass is 9.95. The van der Waals surface area contributed by atoms with Crippen LogP contribution in [-0.4, -0.2) is 29.1 Å². The topological polar surface area (TPSA) is 53.4 Å². The molecule has 0 aliphatic carbocycles. The van der Waals surface area contributed by atoms with E-state index in [1.165, 1.54) is 12.8 Å². The zero-order chi connectivity index (χ0) is 17.1. The Morgan fingerprint density at radius 1 is 1.04 bits per heavy atom. The largest absolute Gasteiger partial charge is 0.478 e. The van der Waals surface area contributed by atoms with Crippen molar-refractivity contribution in [1.82, 2.24) is 4.98 Å². The van der Waals surface area contributed by atoms with Crippen LogP contribution in [0.5, 0.6) is 0 Å². The average molecular weight is 324 g/mol. The minimum absolute atomic E-state index is 0.330. The SMILES string of the molecule is Cc1cc(-c2ccccc2C)c(C(=O)O)c(N2CCCCCC2)n1. The molecule has 0 spiro atoms. The Balaban J connectivity index is 2.19. The molecule has 0 atom stereocenters. The van der Waals surface area contributed by atoms with E-state index in [4.69, 9.17) is 0 Å². The summed E-state index contributed by atoms with van der Waals surface area (Å²) in [5.74, 6) is -0.275. The van der Waals surface area contributed by atoms with Crippen molar-refractivity contribution in [2.75, 3.05) is 18.0 Å².